The van der Waals surface area contributed by atoms with Crippen LogP contribution in [0.1, 0.15) is 46.8 Å². The van der Waals surface area contributed by atoms with E-state index in [1.54, 1.807) is 23.1 Å². The van der Waals surface area contributed by atoms with E-state index in [4.69, 9.17) is 15.9 Å². The number of ether oxygens (including phenoxy) is 1. The molecular formula is C30H33N5O5. The Labute approximate surface area is 232 Å². The first-order valence-corrected chi connectivity index (χ1v) is 13.1. The number of nitrogens with two attached hydrogens (primary N) is 1. The van der Waals surface area contributed by atoms with Crippen LogP contribution < -0.4 is 20.7 Å². The van der Waals surface area contributed by atoms with Crippen molar-refractivity contribution < 1.29 is 24.2 Å². The topological polar surface area (TPSA) is 149 Å². The zero-order chi connectivity index (χ0) is 28.5. The number of fused-ring (bicyclic) bond motifs is 1. The van der Waals surface area contributed by atoms with Crippen molar-refractivity contribution in [3.8, 4) is 5.75 Å². The van der Waals surface area contributed by atoms with Crippen molar-refractivity contribution in [2.45, 2.75) is 25.3 Å². The third kappa shape index (κ3) is 6.96. The van der Waals surface area contributed by atoms with Gasteiger partial charge >= 0.3 is 5.97 Å². The number of aliphatic carboxylic acids is 1. The smallest absolute Gasteiger partial charge is 0.305 e. The Morgan fingerprint density at radius 3 is 2.25 bits per heavy atom. The predicted octanol–water partition coefficient (Wildman–Crippen LogP) is 3.38. The standard InChI is InChI=1S/C30H33N5O5/c31-30(32)33-16-7-8-18-40-23-13-14-25-24(19-23)29(39)34(17-15-27(37)38)20-26(36)35(25)28(21-9-3-1-4-10-21)22-11-5-2-6-12-22/h1-6,9-14,19,28H,7-8,15-18,20H2,(H,37,38)(H4,31,32,33). The van der Waals surface area contributed by atoms with Crippen molar-refractivity contribution in [1.82, 2.24) is 10.2 Å². The first-order chi connectivity index (χ1) is 19.3. The maximum Gasteiger partial charge on any atom is 0.305 e. The molecule has 1 aliphatic rings. The van der Waals surface area contributed by atoms with Crippen molar-refractivity contribution in [3.63, 3.8) is 0 Å². The van der Waals surface area contributed by atoms with E-state index in [-0.39, 0.29) is 36.9 Å². The second kappa shape index (κ2) is 13.3. The number of carbonyl (C=O) groups is 3. The highest BCUT2D eigenvalue weighted by Crippen LogP contribution is 2.38. The lowest BCUT2D eigenvalue weighted by atomic mass is 9.95. The first kappa shape index (κ1) is 28.2. The third-order valence-corrected chi connectivity index (χ3v) is 6.58. The van der Waals surface area contributed by atoms with E-state index >= 15 is 0 Å². The van der Waals surface area contributed by atoms with Gasteiger partial charge in [0.1, 0.15) is 12.3 Å². The molecule has 0 saturated heterocycles. The fraction of sp³-hybridized carbons (Fsp3) is 0.267. The molecule has 3 aromatic rings. The summed E-state index contributed by atoms with van der Waals surface area (Å²) in [5, 5.41) is 19.2. The molecule has 0 radical (unpaired) electrons. The Hall–Kier alpha value is -4.86. The van der Waals surface area contributed by atoms with E-state index in [1.807, 2.05) is 60.7 Å². The summed E-state index contributed by atoms with van der Waals surface area (Å²) in [5.41, 5.74) is 7.75. The minimum absolute atomic E-state index is 0.0824. The van der Waals surface area contributed by atoms with Crippen LogP contribution in [0.2, 0.25) is 0 Å². The normalized spacial score (nSPS) is 13.1. The molecule has 208 valence electrons. The average molecular weight is 544 g/mol. The maximum atomic E-state index is 13.9. The van der Waals surface area contributed by atoms with Crippen molar-refractivity contribution >= 4 is 29.4 Å². The number of carbonyl (C=O) groups excluding carboxylic acids is 2. The van der Waals surface area contributed by atoms with Crippen molar-refractivity contribution in [2.24, 2.45) is 5.73 Å². The number of benzene rings is 3. The number of nitrogens with one attached hydrogen (secondary N) is 2. The van der Waals surface area contributed by atoms with Crippen LogP contribution in [-0.2, 0) is 9.59 Å². The summed E-state index contributed by atoms with van der Waals surface area (Å²) in [6, 6.07) is 23.8. The number of carboxylic acid groups (broad SMARTS) is 1. The highest BCUT2D eigenvalue weighted by molar-refractivity contribution is 6.10. The van der Waals surface area contributed by atoms with E-state index in [9.17, 15) is 19.5 Å². The second-order valence-corrected chi connectivity index (χ2v) is 9.43. The second-order valence-electron chi connectivity index (χ2n) is 9.43. The van der Waals surface area contributed by atoms with Gasteiger partial charge in [-0.15, -0.1) is 0 Å². The number of nitrogens with zero attached hydrogens (tertiary/aromatic N) is 2. The van der Waals surface area contributed by atoms with Crippen LogP contribution in [0, 0.1) is 5.41 Å². The van der Waals surface area contributed by atoms with Crippen molar-refractivity contribution in [2.75, 3.05) is 31.1 Å². The number of hydrogen-bond acceptors (Lipinski definition) is 5. The average Bonchev–Trinajstić information content (AvgIpc) is 3.05. The number of anilines is 1. The van der Waals surface area contributed by atoms with Gasteiger partial charge in [-0.25, -0.2) is 0 Å². The molecule has 0 spiro atoms. The lowest BCUT2D eigenvalue weighted by molar-refractivity contribution is -0.137. The van der Waals surface area contributed by atoms with Gasteiger partial charge < -0.3 is 25.8 Å². The number of guanidine groups is 1. The van der Waals surface area contributed by atoms with E-state index in [1.165, 1.54) is 4.90 Å². The lowest BCUT2D eigenvalue weighted by Gasteiger charge is -2.33. The van der Waals surface area contributed by atoms with E-state index in [0.717, 1.165) is 17.5 Å². The first-order valence-electron chi connectivity index (χ1n) is 13.1. The van der Waals surface area contributed by atoms with Gasteiger partial charge in [-0.1, -0.05) is 60.7 Å². The molecule has 0 fully saturated rings. The number of hydrogen-bond donors (Lipinski definition) is 4. The molecule has 10 heteroatoms. The fourth-order valence-electron chi connectivity index (χ4n) is 4.70. The fourth-order valence-corrected chi connectivity index (χ4v) is 4.70. The molecule has 40 heavy (non-hydrogen) atoms. The molecule has 0 unspecified atom stereocenters. The van der Waals surface area contributed by atoms with E-state index < -0.39 is 17.9 Å². The Morgan fingerprint density at radius 1 is 1.00 bits per heavy atom. The summed E-state index contributed by atoms with van der Waals surface area (Å²) in [5.74, 6) is -1.41. The molecule has 0 bridgehead atoms. The zero-order valence-corrected chi connectivity index (χ0v) is 22.1. The van der Waals surface area contributed by atoms with Gasteiger partial charge in [-0.2, -0.15) is 0 Å². The van der Waals surface area contributed by atoms with Gasteiger partial charge in [-0.3, -0.25) is 24.7 Å². The van der Waals surface area contributed by atoms with Crippen LogP contribution in [0.5, 0.6) is 5.75 Å². The zero-order valence-electron chi connectivity index (χ0n) is 22.1. The summed E-state index contributed by atoms with van der Waals surface area (Å²) in [6.45, 7) is 0.588. The molecule has 10 nitrogen and oxygen atoms in total. The highest BCUT2D eigenvalue weighted by atomic mass is 16.5. The van der Waals surface area contributed by atoms with Crippen LogP contribution in [0.25, 0.3) is 0 Å². The van der Waals surface area contributed by atoms with Crippen molar-refractivity contribution in [3.05, 3.63) is 95.6 Å². The summed E-state index contributed by atoms with van der Waals surface area (Å²) in [7, 11) is 0. The molecule has 0 atom stereocenters. The summed E-state index contributed by atoms with van der Waals surface area (Å²) in [6.07, 6.45) is 1.16. The van der Waals surface area contributed by atoms with Crippen LogP contribution in [-0.4, -0.2) is 60.0 Å². The van der Waals surface area contributed by atoms with E-state index in [2.05, 4.69) is 5.32 Å². The van der Waals surface area contributed by atoms with E-state index in [0.29, 0.717) is 31.0 Å². The number of carboxylic acids is 1. The Kier molecular flexibility index (Phi) is 9.35. The van der Waals surface area contributed by atoms with Gasteiger partial charge in [0, 0.05) is 13.1 Å². The summed E-state index contributed by atoms with van der Waals surface area (Å²) < 4.78 is 5.91. The minimum Gasteiger partial charge on any atom is -0.494 e. The highest BCUT2D eigenvalue weighted by Gasteiger charge is 2.37. The molecule has 4 rings (SSSR count). The SMILES string of the molecule is N=C(N)NCCCCOc1ccc2c(c1)C(=O)N(CCC(=O)O)CC(=O)N2C(c1ccccc1)c1ccccc1. The number of unbranched alkanes of at least 4 members (excludes halogenated alkanes) is 1. The van der Waals surface area contributed by atoms with Crippen LogP contribution in [0.3, 0.4) is 0 Å². The molecule has 3 aromatic carbocycles. The van der Waals surface area contributed by atoms with Crippen LogP contribution >= 0.6 is 0 Å². The largest absolute Gasteiger partial charge is 0.494 e. The predicted molar refractivity (Wildman–Crippen MR) is 151 cm³/mol. The summed E-state index contributed by atoms with van der Waals surface area (Å²) >= 11 is 0. The molecule has 0 aromatic heterocycles. The van der Waals surface area contributed by atoms with Gasteiger partial charge in [0.15, 0.2) is 5.96 Å². The van der Waals surface area contributed by atoms with Gasteiger partial charge in [0.25, 0.3) is 5.91 Å². The number of amides is 2. The van der Waals surface area contributed by atoms with Gasteiger partial charge in [0.05, 0.1) is 30.3 Å². The molecule has 0 aliphatic carbocycles. The Bertz CT molecular complexity index is 1310. The molecular weight excluding hydrogens is 510 g/mol. The van der Waals surface area contributed by atoms with Crippen molar-refractivity contribution in [1.29, 1.82) is 5.41 Å². The molecule has 1 aliphatic heterocycles. The summed E-state index contributed by atoms with van der Waals surface area (Å²) in [4.78, 5) is 41.9. The lowest BCUT2D eigenvalue weighted by Crippen LogP contribution is -2.42. The minimum atomic E-state index is -1.05. The van der Waals surface area contributed by atoms with Gasteiger partial charge in [0.2, 0.25) is 5.91 Å². The van der Waals surface area contributed by atoms with Gasteiger partial charge in [-0.05, 0) is 42.2 Å². The number of rotatable bonds is 12. The Morgan fingerprint density at radius 2 is 1.65 bits per heavy atom. The van der Waals surface area contributed by atoms with Crippen LogP contribution in [0.15, 0.2) is 78.9 Å². The molecule has 5 N–H and O–H groups in total. The monoisotopic (exact) mass is 543 g/mol. The maximum absolute atomic E-state index is 13.9. The Balaban J connectivity index is 1.71. The quantitative estimate of drug-likeness (QED) is 0.155. The third-order valence-electron chi connectivity index (χ3n) is 6.58. The molecule has 1 heterocycles. The van der Waals surface area contributed by atoms with Crippen LogP contribution in [0.4, 0.5) is 5.69 Å². The molecule has 2 amide bonds. The molecule has 0 saturated carbocycles.